The van der Waals surface area contributed by atoms with E-state index in [1.807, 2.05) is 19.0 Å². The van der Waals surface area contributed by atoms with Crippen molar-refractivity contribution < 1.29 is 4.42 Å². The summed E-state index contributed by atoms with van der Waals surface area (Å²) in [4.78, 5) is 1.98. The fraction of sp³-hybridized carbons (Fsp3) is 0.778. The number of nitrogens with one attached hydrogen (secondary N) is 1. The summed E-state index contributed by atoms with van der Waals surface area (Å²) < 4.78 is 5.42. The van der Waals surface area contributed by atoms with Gasteiger partial charge in [0.2, 0.25) is 5.89 Å². The third-order valence-electron chi connectivity index (χ3n) is 1.96. The minimum atomic E-state index is 0.601. The lowest BCUT2D eigenvalue weighted by Crippen LogP contribution is -2.18. The van der Waals surface area contributed by atoms with Gasteiger partial charge in [0.25, 0.3) is 0 Å². The third-order valence-corrected chi connectivity index (χ3v) is 1.96. The number of rotatable bonds is 6. The van der Waals surface area contributed by atoms with Crippen molar-refractivity contribution in [3.63, 3.8) is 0 Å². The van der Waals surface area contributed by atoms with E-state index >= 15 is 0 Å². The molecule has 0 aliphatic heterocycles. The second kappa shape index (κ2) is 5.59. The van der Waals surface area contributed by atoms with Crippen molar-refractivity contribution in [3.05, 3.63) is 5.89 Å². The molecule has 5 heteroatoms. The van der Waals surface area contributed by atoms with Crippen molar-refractivity contribution >= 4 is 6.01 Å². The lowest BCUT2D eigenvalue weighted by molar-refractivity contribution is 0.475. The molecule has 0 spiro atoms. The molecule has 1 heterocycles. The maximum Gasteiger partial charge on any atom is 0.317 e. The van der Waals surface area contributed by atoms with Crippen LogP contribution in [0.4, 0.5) is 6.01 Å². The van der Waals surface area contributed by atoms with Gasteiger partial charge in [-0.25, -0.2) is 0 Å². The molecule has 14 heavy (non-hydrogen) atoms. The predicted octanol–water partition coefficient (Wildman–Crippen LogP) is 1.03. The topological polar surface area (TPSA) is 54.2 Å². The molecule has 0 aliphatic carbocycles. The summed E-state index contributed by atoms with van der Waals surface area (Å²) in [6.45, 7) is 3.74. The highest BCUT2D eigenvalue weighted by molar-refractivity contribution is 5.21. The molecule has 0 aromatic carbocycles. The predicted molar refractivity (Wildman–Crippen MR) is 55.2 cm³/mol. The molecule has 1 rings (SSSR count). The van der Waals surface area contributed by atoms with Crippen LogP contribution in [0.3, 0.4) is 0 Å². The first-order valence-corrected chi connectivity index (χ1v) is 4.96. The van der Waals surface area contributed by atoms with Gasteiger partial charge in [-0.15, -0.1) is 5.10 Å². The number of aromatic nitrogens is 2. The molecule has 0 bridgehead atoms. The highest BCUT2D eigenvalue weighted by Crippen LogP contribution is 2.10. The molecule has 0 radical (unpaired) electrons. The first-order chi connectivity index (χ1) is 6.77. The zero-order valence-electron chi connectivity index (χ0n) is 9.08. The SMILES string of the molecule is CCCCN(C)c1nnc(CNC)o1. The molecule has 1 N–H and O–H groups in total. The van der Waals surface area contributed by atoms with Crippen molar-refractivity contribution in [1.29, 1.82) is 0 Å². The standard InChI is InChI=1S/C9H18N4O/c1-4-5-6-13(3)9-12-11-8(14-9)7-10-2/h10H,4-7H2,1-3H3. The molecule has 5 nitrogen and oxygen atoms in total. The minimum absolute atomic E-state index is 0.601. The van der Waals surface area contributed by atoms with E-state index in [9.17, 15) is 0 Å². The minimum Gasteiger partial charge on any atom is -0.407 e. The second-order valence-electron chi connectivity index (χ2n) is 3.28. The van der Waals surface area contributed by atoms with E-state index < -0.39 is 0 Å². The summed E-state index contributed by atoms with van der Waals surface area (Å²) in [6.07, 6.45) is 2.31. The van der Waals surface area contributed by atoms with Crippen molar-refractivity contribution in [2.24, 2.45) is 0 Å². The van der Waals surface area contributed by atoms with Gasteiger partial charge < -0.3 is 14.6 Å². The van der Waals surface area contributed by atoms with Crippen LogP contribution in [0.15, 0.2) is 4.42 Å². The van der Waals surface area contributed by atoms with E-state index in [0.717, 1.165) is 13.0 Å². The molecule has 1 aromatic rings. The van der Waals surface area contributed by atoms with Gasteiger partial charge in [0.1, 0.15) is 0 Å². The fourth-order valence-electron chi connectivity index (χ4n) is 1.11. The lowest BCUT2D eigenvalue weighted by atomic mass is 10.3. The molecular formula is C9H18N4O. The summed E-state index contributed by atoms with van der Waals surface area (Å²) in [5.41, 5.74) is 0. The van der Waals surface area contributed by atoms with E-state index in [2.05, 4.69) is 22.4 Å². The van der Waals surface area contributed by atoms with Crippen LogP contribution in [-0.4, -0.2) is 30.8 Å². The summed E-state index contributed by atoms with van der Waals surface area (Å²) in [5.74, 6) is 0.630. The van der Waals surface area contributed by atoms with Crippen LogP contribution >= 0.6 is 0 Å². The van der Waals surface area contributed by atoms with E-state index in [1.165, 1.54) is 6.42 Å². The molecule has 0 saturated carbocycles. The van der Waals surface area contributed by atoms with Crippen LogP contribution in [0.5, 0.6) is 0 Å². The molecule has 0 aliphatic rings. The fourth-order valence-corrected chi connectivity index (χ4v) is 1.11. The number of hydrogen-bond acceptors (Lipinski definition) is 5. The molecular weight excluding hydrogens is 180 g/mol. The zero-order valence-corrected chi connectivity index (χ0v) is 9.08. The smallest absolute Gasteiger partial charge is 0.317 e. The summed E-state index contributed by atoms with van der Waals surface area (Å²) in [5, 5.41) is 10.8. The number of unbranched alkanes of at least 4 members (excludes halogenated alkanes) is 1. The van der Waals surface area contributed by atoms with Crippen molar-refractivity contribution in [1.82, 2.24) is 15.5 Å². The van der Waals surface area contributed by atoms with Crippen LogP contribution in [-0.2, 0) is 6.54 Å². The average molecular weight is 198 g/mol. The largest absolute Gasteiger partial charge is 0.407 e. The monoisotopic (exact) mass is 198 g/mol. The Morgan fingerprint density at radius 1 is 1.43 bits per heavy atom. The molecule has 80 valence electrons. The van der Waals surface area contributed by atoms with Crippen molar-refractivity contribution in [2.75, 3.05) is 25.5 Å². The van der Waals surface area contributed by atoms with E-state index in [-0.39, 0.29) is 0 Å². The summed E-state index contributed by atoms with van der Waals surface area (Å²) >= 11 is 0. The van der Waals surface area contributed by atoms with Crippen LogP contribution in [0, 0.1) is 0 Å². The van der Waals surface area contributed by atoms with Crippen molar-refractivity contribution in [2.45, 2.75) is 26.3 Å². The van der Waals surface area contributed by atoms with Gasteiger partial charge in [0.05, 0.1) is 6.54 Å². The Morgan fingerprint density at radius 3 is 2.86 bits per heavy atom. The van der Waals surface area contributed by atoms with Gasteiger partial charge in [-0.1, -0.05) is 18.4 Å². The van der Waals surface area contributed by atoms with Gasteiger partial charge >= 0.3 is 6.01 Å². The zero-order chi connectivity index (χ0) is 10.4. The Hall–Kier alpha value is -1.10. The quantitative estimate of drug-likeness (QED) is 0.739. The highest BCUT2D eigenvalue weighted by Gasteiger charge is 2.08. The summed E-state index contributed by atoms with van der Waals surface area (Å²) in [7, 11) is 3.82. The summed E-state index contributed by atoms with van der Waals surface area (Å²) in [6, 6.07) is 0.601. The van der Waals surface area contributed by atoms with Crippen LogP contribution in [0.1, 0.15) is 25.7 Å². The molecule has 0 amide bonds. The Kier molecular flexibility index (Phi) is 4.39. The number of nitrogens with zero attached hydrogens (tertiary/aromatic N) is 3. The molecule has 1 aromatic heterocycles. The highest BCUT2D eigenvalue weighted by atomic mass is 16.4. The third kappa shape index (κ3) is 2.99. The first kappa shape index (κ1) is 11.0. The van der Waals surface area contributed by atoms with Gasteiger partial charge in [-0.3, -0.25) is 0 Å². The number of hydrogen-bond donors (Lipinski definition) is 1. The first-order valence-electron chi connectivity index (χ1n) is 4.96. The Labute approximate surface area is 84.5 Å². The molecule has 0 fully saturated rings. The van der Waals surface area contributed by atoms with E-state index in [1.54, 1.807) is 0 Å². The van der Waals surface area contributed by atoms with Gasteiger partial charge in [0.15, 0.2) is 0 Å². The van der Waals surface area contributed by atoms with Crippen molar-refractivity contribution in [3.8, 4) is 0 Å². The Morgan fingerprint density at radius 2 is 2.21 bits per heavy atom. The average Bonchev–Trinajstić information content (AvgIpc) is 2.63. The molecule has 0 saturated heterocycles. The molecule has 0 unspecified atom stereocenters. The van der Waals surface area contributed by atoms with Gasteiger partial charge in [0, 0.05) is 13.6 Å². The molecule has 0 atom stereocenters. The maximum atomic E-state index is 5.42. The Bertz CT molecular complexity index is 261. The lowest BCUT2D eigenvalue weighted by Gasteiger charge is -2.12. The maximum absolute atomic E-state index is 5.42. The van der Waals surface area contributed by atoms with Gasteiger partial charge in [-0.2, -0.15) is 0 Å². The van der Waals surface area contributed by atoms with Gasteiger partial charge in [-0.05, 0) is 13.5 Å². The number of anilines is 1. The van der Waals surface area contributed by atoms with Crippen LogP contribution in [0.25, 0.3) is 0 Å². The Balaban J connectivity index is 2.48. The normalized spacial score (nSPS) is 10.5. The van der Waals surface area contributed by atoms with Crippen LogP contribution in [0.2, 0.25) is 0 Å². The second-order valence-corrected chi connectivity index (χ2v) is 3.28. The van der Waals surface area contributed by atoms with E-state index in [4.69, 9.17) is 4.42 Å². The van der Waals surface area contributed by atoms with E-state index in [0.29, 0.717) is 18.5 Å². The van der Waals surface area contributed by atoms with Crippen LogP contribution < -0.4 is 10.2 Å².